The zero-order valence-electron chi connectivity index (χ0n) is 15.2. The fraction of sp³-hybridized carbons (Fsp3) is 0.158. The van der Waals surface area contributed by atoms with Gasteiger partial charge in [0.05, 0.1) is 28.5 Å². The van der Waals surface area contributed by atoms with Crippen LogP contribution < -0.4 is 9.47 Å². The van der Waals surface area contributed by atoms with E-state index in [2.05, 4.69) is 0 Å². The van der Waals surface area contributed by atoms with Gasteiger partial charge in [-0.3, -0.25) is 24.6 Å². The summed E-state index contributed by atoms with van der Waals surface area (Å²) in [7, 11) is 1.41. The molecule has 0 spiro atoms. The number of nitro benzene ring substituents is 1. The molecule has 10 heteroatoms. The molecule has 2 aromatic carbocycles. The highest BCUT2D eigenvalue weighted by molar-refractivity contribution is 8.18. The van der Waals surface area contributed by atoms with Gasteiger partial charge in [0.25, 0.3) is 16.8 Å². The van der Waals surface area contributed by atoms with E-state index in [-0.39, 0.29) is 23.7 Å². The maximum Gasteiger partial charge on any atom is 0.293 e. The highest BCUT2D eigenvalue weighted by atomic mass is 35.5. The molecule has 1 saturated heterocycles. The van der Waals surface area contributed by atoms with Crippen LogP contribution in [0.15, 0.2) is 47.4 Å². The molecule has 0 N–H and O–H groups in total. The van der Waals surface area contributed by atoms with Crippen LogP contribution in [-0.2, 0) is 4.79 Å². The van der Waals surface area contributed by atoms with Crippen LogP contribution in [-0.4, -0.2) is 41.2 Å². The first-order valence-electron chi connectivity index (χ1n) is 8.36. The predicted molar refractivity (Wildman–Crippen MR) is 109 cm³/mol. The molecule has 3 rings (SSSR count). The number of methoxy groups -OCH3 is 1. The normalized spacial score (nSPS) is 15.1. The van der Waals surface area contributed by atoms with Gasteiger partial charge in [0.1, 0.15) is 18.1 Å². The second-order valence-corrected chi connectivity index (χ2v) is 7.20. The number of imide groups is 1. The largest absolute Gasteiger partial charge is 0.496 e. The molecular formula is C19H15ClN2O6S. The Kier molecular flexibility index (Phi) is 6.40. The average Bonchev–Trinajstić information content (AvgIpc) is 2.96. The Balaban J connectivity index is 1.74. The molecule has 1 fully saturated rings. The number of thioether (sulfide) groups is 1. The van der Waals surface area contributed by atoms with Crippen molar-refractivity contribution in [2.24, 2.45) is 0 Å². The lowest BCUT2D eigenvalue weighted by atomic mass is 10.1. The summed E-state index contributed by atoms with van der Waals surface area (Å²) >= 11 is 6.76. The second-order valence-electron chi connectivity index (χ2n) is 5.80. The topological polar surface area (TPSA) is 99.0 Å². The van der Waals surface area contributed by atoms with Gasteiger partial charge in [0.15, 0.2) is 0 Å². The van der Waals surface area contributed by atoms with Crippen molar-refractivity contribution < 1.29 is 24.0 Å². The molecule has 1 aliphatic heterocycles. The lowest BCUT2D eigenvalue weighted by Crippen LogP contribution is -2.32. The number of carbonyl (C=O) groups excluding carboxylic acids is 2. The second kappa shape index (κ2) is 8.97. The number of halogens is 1. The minimum Gasteiger partial charge on any atom is -0.496 e. The standard InChI is InChI=1S/C19H15ClN2O6S/c1-27-15-7-6-13(22(25)26)10-12(15)11-17-18(23)21(19(24)29-17)8-9-28-16-5-3-2-4-14(16)20/h2-7,10-11H,8-9H2,1H3/b17-11-. The Morgan fingerprint density at radius 1 is 1.21 bits per heavy atom. The van der Waals surface area contributed by atoms with E-state index in [0.29, 0.717) is 22.1 Å². The van der Waals surface area contributed by atoms with Gasteiger partial charge in [0.2, 0.25) is 0 Å². The molecule has 1 heterocycles. The number of carbonyl (C=O) groups is 2. The van der Waals surface area contributed by atoms with Gasteiger partial charge >= 0.3 is 0 Å². The fourth-order valence-electron chi connectivity index (χ4n) is 2.59. The summed E-state index contributed by atoms with van der Waals surface area (Å²) in [4.78, 5) is 36.5. The molecule has 1 aliphatic rings. The van der Waals surface area contributed by atoms with E-state index < -0.39 is 16.1 Å². The number of benzene rings is 2. The Labute approximate surface area is 175 Å². The predicted octanol–water partition coefficient (Wildman–Crippen LogP) is 4.37. The number of hydrogen-bond donors (Lipinski definition) is 0. The summed E-state index contributed by atoms with van der Waals surface area (Å²) in [6, 6.07) is 10.9. The summed E-state index contributed by atoms with van der Waals surface area (Å²) in [6.45, 7) is 0.120. The van der Waals surface area contributed by atoms with Crippen molar-refractivity contribution in [2.75, 3.05) is 20.3 Å². The van der Waals surface area contributed by atoms with Crippen molar-refractivity contribution in [3.8, 4) is 11.5 Å². The summed E-state index contributed by atoms with van der Waals surface area (Å²) in [5, 5.41) is 11.0. The number of rotatable bonds is 7. The Morgan fingerprint density at radius 2 is 1.97 bits per heavy atom. The highest BCUT2D eigenvalue weighted by Crippen LogP contribution is 2.35. The fourth-order valence-corrected chi connectivity index (χ4v) is 3.64. The van der Waals surface area contributed by atoms with Crippen molar-refractivity contribution in [1.29, 1.82) is 0 Å². The molecule has 2 amide bonds. The van der Waals surface area contributed by atoms with E-state index in [9.17, 15) is 19.7 Å². The summed E-state index contributed by atoms with van der Waals surface area (Å²) < 4.78 is 10.7. The van der Waals surface area contributed by atoms with Gasteiger partial charge in [-0.05, 0) is 36.0 Å². The van der Waals surface area contributed by atoms with E-state index in [4.69, 9.17) is 21.1 Å². The Morgan fingerprint density at radius 3 is 2.66 bits per heavy atom. The summed E-state index contributed by atoms with van der Waals surface area (Å²) in [5.74, 6) is 0.304. The zero-order chi connectivity index (χ0) is 21.0. The number of para-hydroxylation sites is 1. The zero-order valence-corrected chi connectivity index (χ0v) is 16.7. The van der Waals surface area contributed by atoms with Gasteiger partial charge in [-0.2, -0.15) is 0 Å². The first-order chi connectivity index (χ1) is 13.9. The van der Waals surface area contributed by atoms with E-state index in [1.807, 2.05) is 0 Å². The van der Waals surface area contributed by atoms with Crippen LogP contribution in [0.2, 0.25) is 5.02 Å². The third kappa shape index (κ3) is 4.69. The van der Waals surface area contributed by atoms with Gasteiger partial charge in [0, 0.05) is 17.7 Å². The molecule has 0 radical (unpaired) electrons. The smallest absolute Gasteiger partial charge is 0.293 e. The average molecular weight is 435 g/mol. The third-order valence-electron chi connectivity index (χ3n) is 3.99. The molecule has 0 bridgehead atoms. The van der Waals surface area contributed by atoms with Crippen molar-refractivity contribution in [1.82, 2.24) is 4.90 Å². The van der Waals surface area contributed by atoms with E-state index >= 15 is 0 Å². The van der Waals surface area contributed by atoms with Crippen LogP contribution in [0.1, 0.15) is 5.56 Å². The first kappa shape index (κ1) is 20.7. The Bertz CT molecular complexity index is 1010. The monoisotopic (exact) mass is 434 g/mol. The van der Waals surface area contributed by atoms with E-state index in [1.165, 1.54) is 31.4 Å². The molecule has 0 unspecified atom stereocenters. The molecule has 0 aliphatic carbocycles. The number of hydrogen-bond acceptors (Lipinski definition) is 7. The maximum atomic E-state index is 12.6. The van der Waals surface area contributed by atoms with Gasteiger partial charge in [-0.1, -0.05) is 23.7 Å². The van der Waals surface area contributed by atoms with Crippen LogP contribution in [0.5, 0.6) is 11.5 Å². The third-order valence-corrected chi connectivity index (χ3v) is 5.21. The number of ether oxygens (including phenoxy) is 2. The molecule has 0 saturated carbocycles. The molecule has 2 aromatic rings. The molecule has 8 nitrogen and oxygen atoms in total. The summed E-state index contributed by atoms with van der Waals surface area (Å²) in [6.07, 6.45) is 1.41. The number of nitro groups is 1. The lowest BCUT2D eigenvalue weighted by Gasteiger charge is -2.13. The van der Waals surface area contributed by atoms with E-state index in [0.717, 1.165) is 16.7 Å². The van der Waals surface area contributed by atoms with Gasteiger partial charge < -0.3 is 9.47 Å². The molecule has 0 atom stereocenters. The quantitative estimate of drug-likeness (QED) is 0.362. The lowest BCUT2D eigenvalue weighted by molar-refractivity contribution is -0.384. The molecular weight excluding hydrogens is 420 g/mol. The minimum absolute atomic E-state index is 0.0410. The minimum atomic E-state index is -0.547. The SMILES string of the molecule is COc1ccc([N+](=O)[O-])cc1/C=C1\SC(=O)N(CCOc2ccccc2Cl)C1=O. The van der Waals surface area contributed by atoms with Crippen molar-refractivity contribution >= 4 is 46.3 Å². The van der Waals surface area contributed by atoms with Crippen LogP contribution in [0.3, 0.4) is 0 Å². The maximum absolute atomic E-state index is 12.6. The van der Waals surface area contributed by atoms with Crippen molar-refractivity contribution in [2.45, 2.75) is 0 Å². The Hall–Kier alpha value is -3.04. The van der Waals surface area contributed by atoms with Crippen molar-refractivity contribution in [3.63, 3.8) is 0 Å². The molecule has 150 valence electrons. The number of nitrogens with zero attached hydrogens (tertiary/aromatic N) is 2. The van der Waals surface area contributed by atoms with Gasteiger partial charge in [-0.15, -0.1) is 0 Å². The summed E-state index contributed by atoms with van der Waals surface area (Å²) in [5.41, 5.74) is 0.184. The molecule has 29 heavy (non-hydrogen) atoms. The van der Waals surface area contributed by atoms with Crippen LogP contribution in [0, 0.1) is 10.1 Å². The van der Waals surface area contributed by atoms with Gasteiger partial charge in [-0.25, -0.2) is 0 Å². The van der Waals surface area contributed by atoms with Crippen LogP contribution in [0.25, 0.3) is 6.08 Å². The van der Waals surface area contributed by atoms with Crippen molar-refractivity contribution in [3.05, 3.63) is 68.1 Å². The number of amides is 2. The van der Waals surface area contributed by atoms with E-state index in [1.54, 1.807) is 24.3 Å². The molecule has 0 aromatic heterocycles. The highest BCUT2D eigenvalue weighted by Gasteiger charge is 2.35. The first-order valence-corrected chi connectivity index (χ1v) is 9.55. The van der Waals surface area contributed by atoms with Crippen LogP contribution >= 0.6 is 23.4 Å². The van der Waals surface area contributed by atoms with Crippen LogP contribution in [0.4, 0.5) is 10.5 Å². The number of non-ortho nitro benzene ring substituents is 1.